The number of aldehydes is 1. The number of nitrogens with one attached hydrogen (secondary N) is 1. The Hall–Kier alpha value is -2.37. The van der Waals surface area contributed by atoms with Crippen LogP contribution in [0.25, 0.3) is 0 Å². The van der Waals surface area contributed by atoms with E-state index in [2.05, 4.69) is 5.32 Å². The number of carbonyl (C=O) groups is 3. The molecule has 6 heteroatoms. The van der Waals surface area contributed by atoms with Crippen LogP contribution in [0.3, 0.4) is 0 Å². The summed E-state index contributed by atoms with van der Waals surface area (Å²) in [7, 11) is 0. The van der Waals surface area contributed by atoms with Crippen molar-refractivity contribution in [2.75, 3.05) is 19.6 Å². The summed E-state index contributed by atoms with van der Waals surface area (Å²) < 4.78 is 5.24. The van der Waals surface area contributed by atoms with Gasteiger partial charge in [0.15, 0.2) is 0 Å². The number of benzene rings is 1. The monoisotopic (exact) mass is 346 g/mol. The van der Waals surface area contributed by atoms with Gasteiger partial charge in [0, 0.05) is 30.8 Å². The molecular weight excluding hydrogens is 320 g/mol. The van der Waals surface area contributed by atoms with Gasteiger partial charge in [-0.2, -0.15) is 0 Å². The molecule has 0 spiro atoms. The van der Waals surface area contributed by atoms with Crippen molar-refractivity contribution >= 4 is 18.3 Å². The summed E-state index contributed by atoms with van der Waals surface area (Å²) in [6, 6.07) is 6.64. The maximum atomic E-state index is 12.6. The number of alkyl carbamates (subject to hydrolysis) is 1. The van der Waals surface area contributed by atoms with Crippen molar-refractivity contribution in [3.05, 3.63) is 35.4 Å². The Morgan fingerprint density at radius 2 is 1.96 bits per heavy atom. The van der Waals surface area contributed by atoms with E-state index < -0.39 is 11.7 Å². The molecule has 1 aromatic carbocycles. The van der Waals surface area contributed by atoms with Crippen molar-refractivity contribution in [2.24, 2.45) is 5.92 Å². The molecule has 2 amide bonds. The Morgan fingerprint density at radius 3 is 2.56 bits per heavy atom. The number of hydrogen-bond donors (Lipinski definition) is 1. The third kappa shape index (κ3) is 5.89. The van der Waals surface area contributed by atoms with Crippen molar-refractivity contribution < 1.29 is 19.1 Å². The van der Waals surface area contributed by atoms with Gasteiger partial charge in [0.2, 0.25) is 0 Å². The first-order valence-corrected chi connectivity index (χ1v) is 8.60. The molecule has 1 unspecified atom stereocenters. The second kappa shape index (κ2) is 8.14. The maximum Gasteiger partial charge on any atom is 0.407 e. The molecule has 0 saturated carbocycles. The van der Waals surface area contributed by atoms with E-state index in [9.17, 15) is 14.4 Å². The molecule has 2 rings (SSSR count). The van der Waals surface area contributed by atoms with E-state index in [0.717, 1.165) is 19.1 Å². The van der Waals surface area contributed by atoms with E-state index in [4.69, 9.17) is 4.74 Å². The van der Waals surface area contributed by atoms with Crippen LogP contribution in [0.5, 0.6) is 0 Å². The molecule has 0 aliphatic carbocycles. The van der Waals surface area contributed by atoms with Crippen molar-refractivity contribution in [1.82, 2.24) is 10.2 Å². The van der Waals surface area contributed by atoms with Gasteiger partial charge in [0.05, 0.1) is 0 Å². The highest BCUT2D eigenvalue weighted by molar-refractivity contribution is 5.95. The van der Waals surface area contributed by atoms with Crippen molar-refractivity contribution in [1.29, 1.82) is 0 Å². The second-order valence-electron chi connectivity index (χ2n) is 7.38. The third-order valence-electron chi connectivity index (χ3n) is 4.03. The summed E-state index contributed by atoms with van der Waals surface area (Å²) in [5.74, 6) is 0.166. The average molecular weight is 346 g/mol. The minimum absolute atomic E-state index is 0.0422. The summed E-state index contributed by atoms with van der Waals surface area (Å²) in [5.41, 5.74) is 0.604. The summed E-state index contributed by atoms with van der Waals surface area (Å²) in [6.45, 7) is 7.26. The minimum Gasteiger partial charge on any atom is -0.444 e. The third-order valence-corrected chi connectivity index (χ3v) is 4.03. The van der Waals surface area contributed by atoms with E-state index in [0.29, 0.717) is 30.8 Å². The number of amides is 2. The summed E-state index contributed by atoms with van der Waals surface area (Å²) in [4.78, 5) is 36.9. The summed E-state index contributed by atoms with van der Waals surface area (Å²) in [5, 5.41) is 2.79. The number of rotatable bonds is 4. The van der Waals surface area contributed by atoms with Gasteiger partial charge in [-0.05, 0) is 51.7 Å². The predicted molar refractivity (Wildman–Crippen MR) is 94.7 cm³/mol. The highest BCUT2D eigenvalue weighted by Gasteiger charge is 2.25. The van der Waals surface area contributed by atoms with Gasteiger partial charge in [-0.25, -0.2) is 4.79 Å². The van der Waals surface area contributed by atoms with Crippen molar-refractivity contribution in [3.8, 4) is 0 Å². The first-order valence-electron chi connectivity index (χ1n) is 8.60. The Bertz CT molecular complexity index is 619. The normalized spacial score (nSPS) is 17.7. The van der Waals surface area contributed by atoms with E-state index >= 15 is 0 Å². The van der Waals surface area contributed by atoms with E-state index in [-0.39, 0.29) is 11.8 Å². The van der Waals surface area contributed by atoms with Crippen LogP contribution in [0.15, 0.2) is 24.3 Å². The molecule has 6 nitrogen and oxygen atoms in total. The molecule has 0 aromatic heterocycles. The van der Waals surface area contributed by atoms with E-state index in [1.807, 2.05) is 20.8 Å². The van der Waals surface area contributed by atoms with Crippen LogP contribution in [0.1, 0.15) is 54.3 Å². The van der Waals surface area contributed by atoms with Crippen LogP contribution in [0.4, 0.5) is 4.79 Å². The zero-order valence-electron chi connectivity index (χ0n) is 15.1. The van der Waals surface area contributed by atoms with Crippen LogP contribution in [-0.2, 0) is 4.74 Å². The molecule has 0 radical (unpaired) electrons. The van der Waals surface area contributed by atoms with E-state index in [1.165, 1.54) is 0 Å². The van der Waals surface area contributed by atoms with Gasteiger partial charge in [0.1, 0.15) is 11.9 Å². The Balaban J connectivity index is 1.88. The predicted octanol–water partition coefficient (Wildman–Crippen LogP) is 2.88. The van der Waals surface area contributed by atoms with Crippen LogP contribution < -0.4 is 5.32 Å². The van der Waals surface area contributed by atoms with Crippen LogP contribution in [0.2, 0.25) is 0 Å². The fourth-order valence-electron chi connectivity index (χ4n) is 2.84. The molecule has 1 aliphatic rings. The van der Waals surface area contributed by atoms with Gasteiger partial charge < -0.3 is 15.0 Å². The number of nitrogens with zero attached hydrogens (tertiary/aromatic N) is 1. The lowest BCUT2D eigenvalue weighted by atomic mass is 9.97. The van der Waals surface area contributed by atoms with Crippen LogP contribution >= 0.6 is 0 Å². The molecule has 25 heavy (non-hydrogen) atoms. The lowest BCUT2D eigenvalue weighted by Gasteiger charge is -2.33. The zero-order valence-corrected chi connectivity index (χ0v) is 15.1. The van der Waals surface area contributed by atoms with Gasteiger partial charge in [0.25, 0.3) is 5.91 Å². The Morgan fingerprint density at radius 1 is 1.28 bits per heavy atom. The van der Waals surface area contributed by atoms with Gasteiger partial charge >= 0.3 is 6.09 Å². The van der Waals surface area contributed by atoms with Crippen molar-refractivity contribution in [2.45, 2.75) is 39.2 Å². The standard InChI is InChI=1S/C19H26N2O4/c1-19(2,3)25-18(24)20-11-15-5-4-10-21(12-15)17(23)16-8-6-14(13-22)7-9-16/h6-9,13,15H,4-5,10-12H2,1-3H3,(H,20,24). The number of hydrogen-bond acceptors (Lipinski definition) is 4. The SMILES string of the molecule is CC(C)(C)OC(=O)NCC1CCCN(C(=O)c2ccc(C=O)cc2)C1. The Kier molecular flexibility index (Phi) is 6.17. The van der Waals surface area contributed by atoms with Gasteiger partial charge in [-0.15, -0.1) is 0 Å². The van der Waals surface area contributed by atoms with Crippen LogP contribution in [-0.4, -0.2) is 48.4 Å². The molecular formula is C19H26N2O4. The molecule has 0 bridgehead atoms. The summed E-state index contributed by atoms with van der Waals surface area (Å²) in [6.07, 6.45) is 2.19. The number of ether oxygens (including phenoxy) is 1. The highest BCUT2D eigenvalue weighted by atomic mass is 16.6. The Labute approximate surface area is 148 Å². The lowest BCUT2D eigenvalue weighted by Crippen LogP contribution is -2.44. The highest BCUT2D eigenvalue weighted by Crippen LogP contribution is 2.18. The fourth-order valence-corrected chi connectivity index (χ4v) is 2.84. The molecule has 1 aromatic rings. The molecule has 1 aliphatic heterocycles. The largest absolute Gasteiger partial charge is 0.444 e. The molecule has 1 atom stereocenters. The fraction of sp³-hybridized carbons (Fsp3) is 0.526. The first-order chi connectivity index (χ1) is 11.8. The van der Waals surface area contributed by atoms with Crippen molar-refractivity contribution in [3.63, 3.8) is 0 Å². The first kappa shape index (κ1) is 19.0. The molecule has 1 heterocycles. The molecule has 1 fully saturated rings. The maximum absolute atomic E-state index is 12.6. The van der Waals surface area contributed by atoms with Gasteiger partial charge in [-0.1, -0.05) is 12.1 Å². The van der Waals surface area contributed by atoms with E-state index in [1.54, 1.807) is 29.2 Å². The second-order valence-corrected chi connectivity index (χ2v) is 7.38. The smallest absolute Gasteiger partial charge is 0.407 e. The number of piperidine rings is 1. The average Bonchev–Trinajstić information content (AvgIpc) is 2.58. The molecule has 1 N–H and O–H groups in total. The lowest BCUT2D eigenvalue weighted by molar-refractivity contribution is 0.0502. The molecule has 1 saturated heterocycles. The van der Waals surface area contributed by atoms with Gasteiger partial charge in [-0.3, -0.25) is 9.59 Å². The number of carbonyl (C=O) groups excluding carboxylic acids is 3. The quantitative estimate of drug-likeness (QED) is 0.851. The summed E-state index contributed by atoms with van der Waals surface area (Å²) >= 11 is 0. The van der Waals surface area contributed by atoms with Crippen LogP contribution in [0, 0.1) is 5.92 Å². The molecule has 136 valence electrons. The zero-order chi connectivity index (χ0) is 18.4. The number of likely N-dealkylation sites (tertiary alicyclic amines) is 1. The minimum atomic E-state index is -0.521. The topological polar surface area (TPSA) is 75.7 Å².